The second-order valence-corrected chi connectivity index (χ2v) is 6.31. The summed E-state index contributed by atoms with van der Waals surface area (Å²) in [6.45, 7) is 5.14. The predicted octanol–water partition coefficient (Wildman–Crippen LogP) is 2.22. The van der Waals surface area contributed by atoms with Crippen LogP contribution in [0.25, 0.3) is 0 Å². The van der Waals surface area contributed by atoms with Gasteiger partial charge in [-0.1, -0.05) is 12.8 Å². The number of nitrogens with two attached hydrogens (primary N) is 1. The van der Waals surface area contributed by atoms with E-state index in [-0.39, 0.29) is 11.4 Å². The fourth-order valence-corrected chi connectivity index (χ4v) is 3.50. The summed E-state index contributed by atoms with van der Waals surface area (Å²) in [7, 11) is 0. The van der Waals surface area contributed by atoms with Crippen LogP contribution in [0.4, 0.5) is 10.1 Å². The Balaban J connectivity index is 1.53. The van der Waals surface area contributed by atoms with Crippen molar-refractivity contribution in [3.05, 3.63) is 30.1 Å². The molecule has 1 aromatic carbocycles. The van der Waals surface area contributed by atoms with Crippen molar-refractivity contribution in [1.82, 2.24) is 4.90 Å². The molecule has 0 radical (unpaired) electrons. The van der Waals surface area contributed by atoms with Gasteiger partial charge in [0, 0.05) is 44.0 Å². The van der Waals surface area contributed by atoms with Crippen molar-refractivity contribution in [3.63, 3.8) is 0 Å². The Labute approximate surface area is 120 Å². The third kappa shape index (κ3) is 3.13. The van der Waals surface area contributed by atoms with Gasteiger partial charge >= 0.3 is 0 Å². The molecule has 0 amide bonds. The molecule has 0 spiro atoms. The summed E-state index contributed by atoms with van der Waals surface area (Å²) in [5, 5.41) is 0. The third-order valence-corrected chi connectivity index (χ3v) is 4.70. The third-order valence-electron chi connectivity index (χ3n) is 4.70. The first-order valence-electron chi connectivity index (χ1n) is 7.66. The first-order chi connectivity index (χ1) is 9.65. The van der Waals surface area contributed by atoms with Crippen molar-refractivity contribution in [1.29, 1.82) is 0 Å². The van der Waals surface area contributed by atoms with E-state index in [4.69, 9.17) is 5.73 Å². The summed E-state index contributed by atoms with van der Waals surface area (Å²) in [6, 6.07) is 6.81. The summed E-state index contributed by atoms with van der Waals surface area (Å²) in [5.41, 5.74) is 7.63. The first kappa shape index (κ1) is 13.8. The highest BCUT2D eigenvalue weighted by Gasteiger charge is 2.32. The zero-order valence-corrected chi connectivity index (χ0v) is 12.0. The molecule has 0 atom stereocenters. The summed E-state index contributed by atoms with van der Waals surface area (Å²) in [6.07, 6.45) is 4.91. The van der Waals surface area contributed by atoms with Gasteiger partial charge in [0.2, 0.25) is 0 Å². The van der Waals surface area contributed by atoms with E-state index in [9.17, 15) is 4.39 Å². The average molecular weight is 277 g/mol. The van der Waals surface area contributed by atoms with Crippen LogP contribution in [-0.4, -0.2) is 43.2 Å². The Bertz CT molecular complexity index is 432. The molecule has 3 nitrogen and oxygen atoms in total. The van der Waals surface area contributed by atoms with Crippen molar-refractivity contribution in [2.24, 2.45) is 5.73 Å². The Morgan fingerprint density at radius 3 is 2.20 bits per heavy atom. The second-order valence-electron chi connectivity index (χ2n) is 6.31. The maximum atomic E-state index is 12.9. The molecule has 1 aromatic rings. The number of benzene rings is 1. The van der Waals surface area contributed by atoms with Crippen molar-refractivity contribution >= 4 is 5.69 Å². The number of halogens is 1. The largest absolute Gasteiger partial charge is 0.369 e. The van der Waals surface area contributed by atoms with Crippen LogP contribution in [0.2, 0.25) is 0 Å². The van der Waals surface area contributed by atoms with Crippen LogP contribution in [0.15, 0.2) is 24.3 Å². The lowest BCUT2D eigenvalue weighted by atomic mass is 9.98. The Morgan fingerprint density at radius 1 is 1.00 bits per heavy atom. The van der Waals surface area contributed by atoms with Crippen molar-refractivity contribution in [3.8, 4) is 0 Å². The van der Waals surface area contributed by atoms with Crippen molar-refractivity contribution < 1.29 is 4.39 Å². The topological polar surface area (TPSA) is 32.5 Å². The van der Waals surface area contributed by atoms with Crippen LogP contribution in [0.3, 0.4) is 0 Å². The van der Waals surface area contributed by atoms with Gasteiger partial charge in [0.05, 0.1) is 0 Å². The molecule has 1 saturated heterocycles. The standard InChI is InChI=1S/C16H24FN3/c17-14-3-5-15(6-4-14)20-11-9-19(10-12-20)13-16(18)7-1-2-8-16/h3-6H,1-2,7-13,18H2. The van der Waals surface area contributed by atoms with E-state index in [0.717, 1.165) is 38.4 Å². The molecule has 1 heterocycles. The van der Waals surface area contributed by atoms with Crippen LogP contribution in [0, 0.1) is 5.82 Å². The molecule has 0 bridgehead atoms. The Morgan fingerprint density at radius 2 is 1.60 bits per heavy atom. The summed E-state index contributed by atoms with van der Waals surface area (Å²) < 4.78 is 12.9. The number of hydrogen-bond donors (Lipinski definition) is 1. The van der Waals surface area contributed by atoms with Crippen molar-refractivity contribution in [2.45, 2.75) is 31.2 Å². The molecule has 20 heavy (non-hydrogen) atoms. The molecular weight excluding hydrogens is 253 g/mol. The first-order valence-corrected chi connectivity index (χ1v) is 7.66. The van der Waals surface area contributed by atoms with Gasteiger partial charge in [-0.25, -0.2) is 4.39 Å². The molecule has 1 aliphatic carbocycles. The van der Waals surface area contributed by atoms with Crippen LogP contribution >= 0.6 is 0 Å². The quantitative estimate of drug-likeness (QED) is 0.919. The fourth-order valence-electron chi connectivity index (χ4n) is 3.50. The van der Waals surface area contributed by atoms with Crippen LogP contribution in [0.1, 0.15) is 25.7 Å². The fraction of sp³-hybridized carbons (Fsp3) is 0.625. The number of piperazine rings is 1. The van der Waals surface area contributed by atoms with Gasteiger partial charge < -0.3 is 10.6 Å². The molecule has 2 N–H and O–H groups in total. The second kappa shape index (κ2) is 5.70. The summed E-state index contributed by atoms with van der Waals surface area (Å²) in [4.78, 5) is 4.82. The highest BCUT2D eigenvalue weighted by Crippen LogP contribution is 2.28. The highest BCUT2D eigenvalue weighted by molar-refractivity contribution is 5.46. The van der Waals surface area contributed by atoms with Gasteiger partial charge in [0.25, 0.3) is 0 Å². The minimum Gasteiger partial charge on any atom is -0.369 e. The molecule has 1 saturated carbocycles. The van der Waals surface area contributed by atoms with Crippen LogP contribution in [0.5, 0.6) is 0 Å². The number of hydrogen-bond acceptors (Lipinski definition) is 3. The summed E-state index contributed by atoms with van der Waals surface area (Å²) in [5.74, 6) is -0.168. The minimum atomic E-state index is -0.168. The maximum absolute atomic E-state index is 12.9. The lowest BCUT2D eigenvalue weighted by Crippen LogP contribution is -2.54. The van der Waals surface area contributed by atoms with Gasteiger partial charge in [0.15, 0.2) is 0 Å². The monoisotopic (exact) mass is 277 g/mol. The van der Waals surface area contributed by atoms with Gasteiger partial charge in [-0.2, -0.15) is 0 Å². The van der Waals surface area contributed by atoms with E-state index >= 15 is 0 Å². The van der Waals surface area contributed by atoms with Gasteiger partial charge in [-0.05, 0) is 37.1 Å². The Hall–Kier alpha value is -1.13. The molecule has 0 aromatic heterocycles. The normalized spacial score (nSPS) is 23.2. The van der Waals surface area contributed by atoms with E-state index in [1.54, 1.807) is 0 Å². The average Bonchev–Trinajstić information content (AvgIpc) is 2.87. The lowest BCUT2D eigenvalue weighted by Gasteiger charge is -2.39. The molecular formula is C16H24FN3. The molecule has 2 aliphatic rings. The number of anilines is 1. The molecule has 1 aliphatic heterocycles. The van der Waals surface area contributed by atoms with E-state index < -0.39 is 0 Å². The maximum Gasteiger partial charge on any atom is 0.123 e. The van der Waals surface area contributed by atoms with E-state index in [1.807, 2.05) is 12.1 Å². The van der Waals surface area contributed by atoms with Crippen LogP contribution < -0.4 is 10.6 Å². The zero-order valence-electron chi connectivity index (χ0n) is 12.0. The highest BCUT2D eigenvalue weighted by atomic mass is 19.1. The summed E-state index contributed by atoms with van der Waals surface area (Å²) >= 11 is 0. The van der Waals surface area contributed by atoms with Gasteiger partial charge in [-0.3, -0.25) is 4.90 Å². The van der Waals surface area contributed by atoms with Crippen molar-refractivity contribution in [2.75, 3.05) is 37.6 Å². The molecule has 0 unspecified atom stereocenters. The smallest absolute Gasteiger partial charge is 0.123 e. The van der Waals surface area contributed by atoms with E-state index in [1.165, 1.54) is 37.8 Å². The predicted molar refractivity (Wildman–Crippen MR) is 80.4 cm³/mol. The molecule has 3 rings (SSSR count). The number of rotatable bonds is 3. The zero-order chi connectivity index (χ0) is 14.0. The van der Waals surface area contributed by atoms with Gasteiger partial charge in [-0.15, -0.1) is 0 Å². The Kier molecular flexibility index (Phi) is 3.94. The number of nitrogens with zero attached hydrogens (tertiary/aromatic N) is 2. The van der Waals surface area contributed by atoms with Gasteiger partial charge in [0.1, 0.15) is 5.82 Å². The minimum absolute atomic E-state index is 0.0536. The van der Waals surface area contributed by atoms with E-state index in [0.29, 0.717) is 0 Å². The molecule has 4 heteroatoms. The molecule has 110 valence electrons. The SMILES string of the molecule is NC1(CN2CCN(c3ccc(F)cc3)CC2)CCCC1. The van der Waals surface area contributed by atoms with Crippen LogP contribution in [-0.2, 0) is 0 Å². The molecule has 2 fully saturated rings. The lowest BCUT2D eigenvalue weighted by molar-refractivity contribution is 0.199. The van der Waals surface area contributed by atoms with E-state index in [2.05, 4.69) is 9.80 Å².